The molecule has 1 saturated carbocycles. The molecule has 5 aromatic carbocycles. The molecule has 7 heterocycles. The fourth-order valence-corrected chi connectivity index (χ4v) is 11.9. The first kappa shape index (κ1) is 68.6. The third-order valence-corrected chi connectivity index (χ3v) is 17.3. The van der Waals surface area contributed by atoms with Crippen LogP contribution in [0.25, 0.3) is 77.3 Å². The zero-order valence-corrected chi connectivity index (χ0v) is 56.4. The summed E-state index contributed by atoms with van der Waals surface area (Å²) in [4.78, 5) is 45.3. The number of nitrogens with two attached hydrogens (primary N) is 5. The summed E-state index contributed by atoms with van der Waals surface area (Å²) in [5.74, 6) is 3.55. The van der Waals surface area contributed by atoms with Crippen LogP contribution in [0.15, 0.2) is 151 Å². The number of aromatic amines is 1. The van der Waals surface area contributed by atoms with Gasteiger partial charge in [-0.3, -0.25) is 0 Å². The van der Waals surface area contributed by atoms with Gasteiger partial charge in [0.2, 0.25) is 29.7 Å². The summed E-state index contributed by atoms with van der Waals surface area (Å²) in [6.07, 6.45) is 9.71. The third kappa shape index (κ3) is 18.1. The minimum absolute atomic E-state index is 0.229. The highest BCUT2D eigenvalue weighted by atomic mass is 35.5. The zero-order valence-electron chi connectivity index (χ0n) is 53.3. The topological polar surface area (TPSA) is 331 Å². The molecule has 0 unspecified atom stereocenters. The Morgan fingerprint density at radius 2 is 1.05 bits per heavy atom. The maximum atomic E-state index is 9.93. The van der Waals surface area contributed by atoms with Gasteiger partial charge < -0.3 is 54.7 Å². The average molecular weight is 1340 g/mol. The summed E-state index contributed by atoms with van der Waals surface area (Å²) in [5.41, 5.74) is 41.5. The van der Waals surface area contributed by atoms with Crippen molar-refractivity contribution in [3.63, 3.8) is 0 Å². The molecule has 12 aromatic rings. The van der Waals surface area contributed by atoms with Gasteiger partial charge in [-0.2, -0.15) is 15.0 Å². The fraction of sp³-hybridized carbons (Fsp3) is 0.229. The molecule has 484 valence electrons. The van der Waals surface area contributed by atoms with Gasteiger partial charge in [0, 0.05) is 115 Å². The highest BCUT2D eigenvalue weighted by molar-refractivity contribution is 7.17. The van der Waals surface area contributed by atoms with E-state index in [1.165, 1.54) is 29.3 Å². The molecule has 20 nitrogen and oxygen atoms in total. The van der Waals surface area contributed by atoms with Crippen molar-refractivity contribution in [2.75, 3.05) is 58.7 Å². The summed E-state index contributed by atoms with van der Waals surface area (Å²) in [5, 5.41) is 25.4. The number of thiophene rings is 1. The summed E-state index contributed by atoms with van der Waals surface area (Å²) >= 11 is 20.2. The van der Waals surface area contributed by atoms with E-state index in [4.69, 9.17) is 63.5 Å². The van der Waals surface area contributed by atoms with E-state index in [1.807, 2.05) is 162 Å². The largest absolute Gasteiger partial charge is 0.386 e. The van der Waals surface area contributed by atoms with Crippen LogP contribution >= 0.6 is 46.1 Å². The highest BCUT2D eigenvalue weighted by Crippen LogP contribution is 2.37. The van der Waals surface area contributed by atoms with Crippen LogP contribution in [-0.4, -0.2) is 80.1 Å². The van der Waals surface area contributed by atoms with Crippen LogP contribution in [0.5, 0.6) is 0 Å². The lowest BCUT2D eigenvalue weighted by molar-refractivity contribution is 0.0786. The van der Waals surface area contributed by atoms with Crippen LogP contribution in [0.2, 0.25) is 15.1 Å². The number of aliphatic hydroxyl groups is 1. The van der Waals surface area contributed by atoms with E-state index in [0.29, 0.717) is 38.6 Å². The fourth-order valence-electron chi connectivity index (χ4n) is 10.4. The Morgan fingerprint density at radius 1 is 0.521 bits per heavy atom. The molecule has 0 amide bonds. The number of halogens is 3. The molecule has 13 rings (SSSR count). The van der Waals surface area contributed by atoms with Crippen molar-refractivity contribution >= 4 is 114 Å². The summed E-state index contributed by atoms with van der Waals surface area (Å²) in [6.45, 7) is 9.61. The lowest BCUT2D eigenvalue weighted by atomic mass is 9.95. The maximum absolute atomic E-state index is 9.93. The summed E-state index contributed by atoms with van der Waals surface area (Å²) in [7, 11) is 3.62. The van der Waals surface area contributed by atoms with Crippen molar-refractivity contribution in [3.05, 3.63) is 189 Å². The smallest absolute Gasteiger partial charge is 0.222 e. The number of H-pyrrole nitrogens is 1. The third-order valence-electron chi connectivity index (χ3n) is 15.2. The number of hydrogen-bond donors (Lipinski definition) is 10. The summed E-state index contributed by atoms with van der Waals surface area (Å²) < 4.78 is 1.25. The van der Waals surface area contributed by atoms with Crippen molar-refractivity contribution in [1.29, 1.82) is 0 Å². The second-order valence-corrected chi connectivity index (χ2v) is 24.6. The molecule has 15 N–H and O–H groups in total. The number of aromatic nitrogens is 11. The Balaban J connectivity index is 0.000000139. The van der Waals surface area contributed by atoms with Crippen molar-refractivity contribution in [2.24, 2.45) is 0 Å². The average Bonchev–Trinajstić information content (AvgIpc) is 2.20. The van der Waals surface area contributed by atoms with Gasteiger partial charge in [0.25, 0.3) is 0 Å². The molecule has 0 atom stereocenters. The molecule has 94 heavy (non-hydrogen) atoms. The van der Waals surface area contributed by atoms with Crippen LogP contribution in [0.1, 0.15) is 82.3 Å². The van der Waals surface area contributed by atoms with Gasteiger partial charge in [0.05, 0.1) is 44.1 Å². The molecule has 1 aliphatic rings. The van der Waals surface area contributed by atoms with E-state index in [0.717, 1.165) is 121 Å². The maximum Gasteiger partial charge on any atom is 0.222 e. The Bertz CT molecular complexity index is 4530. The molecular weight excluding hydrogens is 1260 g/mol. The van der Waals surface area contributed by atoms with E-state index in [9.17, 15) is 5.11 Å². The zero-order chi connectivity index (χ0) is 67.1. The normalized spacial score (nSPS) is 12.0. The molecule has 0 radical (unpaired) electrons. The molecule has 1 fully saturated rings. The van der Waals surface area contributed by atoms with Crippen LogP contribution in [0.4, 0.5) is 47.2 Å². The van der Waals surface area contributed by atoms with Crippen molar-refractivity contribution in [3.8, 4) is 56.3 Å². The predicted octanol–water partition coefficient (Wildman–Crippen LogP) is 15.8. The van der Waals surface area contributed by atoms with Gasteiger partial charge in [-0.05, 0) is 101 Å². The van der Waals surface area contributed by atoms with Crippen LogP contribution in [-0.2, 0) is 18.4 Å². The van der Waals surface area contributed by atoms with E-state index in [2.05, 4.69) is 88.3 Å². The minimum atomic E-state index is -0.836. The number of nitrogens with one attached hydrogen (secondary N) is 4. The number of nitrogens with zero attached hydrogens (tertiary/aromatic N) is 10. The molecule has 1 aliphatic carbocycles. The number of aryl methyl sites for hydroxylation is 3. The quantitative estimate of drug-likeness (QED) is 0.0543. The first-order valence-electron chi connectivity index (χ1n) is 30.6. The minimum Gasteiger partial charge on any atom is -0.386 e. The van der Waals surface area contributed by atoms with Gasteiger partial charge in [0.1, 0.15) is 17.5 Å². The van der Waals surface area contributed by atoms with Gasteiger partial charge >= 0.3 is 0 Å². The Labute approximate surface area is 565 Å². The van der Waals surface area contributed by atoms with E-state index < -0.39 is 5.60 Å². The lowest BCUT2D eigenvalue weighted by Crippen LogP contribution is -2.23. The van der Waals surface area contributed by atoms with Crippen molar-refractivity contribution in [1.82, 2.24) is 54.8 Å². The number of anilines is 8. The lowest BCUT2D eigenvalue weighted by Gasteiger charge is -2.23. The van der Waals surface area contributed by atoms with Crippen molar-refractivity contribution in [2.45, 2.75) is 91.2 Å². The van der Waals surface area contributed by atoms with E-state index in [-0.39, 0.29) is 23.8 Å². The first-order valence-corrected chi connectivity index (χ1v) is 32.6. The number of hydrogen-bond acceptors (Lipinski definition) is 20. The molecule has 0 spiro atoms. The van der Waals surface area contributed by atoms with E-state index in [1.54, 1.807) is 31.3 Å². The number of benzene rings is 5. The Morgan fingerprint density at radius 3 is 1.67 bits per heavy atom. The molecular formula is C70H76Cl3N19OS. The van der Waals surface area contributed by atoms with Gasteiger partial charge in [-0.15, -0.1) is 11.3 Å². The Hall–Kier alpha value is -9.77. The SMILES string of the molecule is CCc1cc(-c2cc(C)ccc2Cl)nc(N)n1.CCc1cc(-c2ccc(C(C)(C)O)cc2)nc(N)n1.CNc1cc(-c2cccc3[nH]ccc23)nc(N)n1.CNc1cc(-c2csc3ccccc23)nc(N)n1.Nc1nc(NC2CCCCC2)cc(-c2cccc(Cl)c2Cl)n1. The monoisotopic (exact) mass is 1340 g/mol. The molecule has 0 bridgehead atoms. The number of fused-ring (bicyclic) bond motifs is 2. The number of rotatable bonds is 12. The van der Waals surface area contributed by atoms with E-state index >= 15 is 0 Å². The highest BCUT2D eigenvalue weighted by Gasteiger charge is 2.19. The Kier molecular flexibility index (Phi) is 23.1. The van der Waals surface area contributed by atoms with Gasteiger partial charge in [-0.1, -0.05) is 146 Å². The molecule has 0 aliphatic heterocycles. The van der Waals surface area contributed by atoms with Gasteiger partial charge in [0.15, 0.2) is 0 Å². The van der Waals surface area contributed by atoms with Crippen LogP contribution in [0.3, 0.4) is 0 Å². The number of nitrogen functional groups attached to an aromatic ring is 5. The second kappa shape index (κ2) is 31.7. The predicted molar refractivity (Wildman–Crippen MR) is 390 cm³/mol. The summed E-state index contributed by atoms with van der Waals surface area (Å²) in [6, 6.07) is 45.3. The van der Waals surface area contributed by atoms with Crippen LogP contribution < -0.4 is 44.6 Å². The van der Waals surface area contributed by atoms with Gasteiger partial charge in [-0.25, -0.2) is 34.9 Å². The molecule has 7 aromatic heterocycles. The van der Waals surface area contributed by atoms with Crippen molar-refractivity contribution < 1.29 is 5.11 Å². The second-order valence-electron chi connectivity index (χ2n) is 22.5. The van der Waals surface area contributed by atoms with Crippen LogP contribution in [0, 0.1) is 6.92 Å². The molecule has 24 heteroatoms. The standard InChI is InChI=1S/C16H18Cl2N4.C15H19N3O.C13H14ClN3.C13H13N5.C13H12N4S/c17-12-8-4-7-11(15(12)18)13-9-14(22-16(19)21-13)20-10-5-2-1-3-6-10;1-4-12-9-13(18-14(16)17-12)10-5-7-11(8-6-10)15(2,3)19;1-3-9-7-12(17-13(15)16-9)10-6-8(2)4-5-11(10)14;1-15-12-7-11(17-13(14)18-12)8-3-2-4-10-9(8)5-6-16-10;1-15-12-6-10(16-13(14)17-12)9-7-18-11-5-3-2-4-8(9)11/h4,7-10H,1-3,5-6H2,(H3,19,20,21,22);5-9,19H,4H2,1-3H3,(H2,16,17,18);4-7H,3H2,1-2H3,(H2,15,16,17);2-7,16H,1H3,(H3,14,15,17,18);2-7H,1H3,(H3,14,15,16,17). The molecule has 0 saturated heterocycles. The first-order chi connectivity index (χ1) is 45.2.